The van der Waals surface area contributed by atoms with Crippen molar-refractivity contribution in [3.05, 3.63) is 47.7 Å². The van der Waals surface area contributed by atoms with Gasteiger partial charge in [0.1, 0.15) is 5.65 Å². The van der Waals surface area contributed by atoms with Gasteiger partial charge in [-0.05, 0) is 50.1 Å². The van der Waals surface area contributed by atoms with Crippen molar-refractivity contribution in [2.24, 2.45) is 0 Å². The number of thiazole rings is 1. The van der Waals surface area contributed by atoms with Crippen molar-refractivity contribution in [3.8, 4) is 0 Å². The molecule has 1 aliphatic rings. The van der Waals surface area contributed by atoms with Crippen LogP contribution in [-0.4, -0.2) is 45.5 Å². The molecule has 0 atom stereocenters. The van der Waals surface area contributed by atoms with Crippen LogP contribution in [0, 0.1) is 0 Å². The Kier molecular flexibility index (Phi) is 5.00. The van der Waals surface area contributed by atoms with E-state index in [1.165, 1.54) is 10.4 Å². The van der Waals surface area contributed by atoms with Crippen molar-refractivity contribution >= 4 is 50.0 Å². The van der Waals surface area contributed by atoms with Crippen LogP contribution in [0.1, 0.15) is 31.4 Å². The number of nitrogens with one attached hydrogen (secondary N) is 3. The summed E-state index contributed by atoms with van der Waals surface area (Å²) in [6, 6.07) is 10.5. The fourth-order valence-electron chi connectivity index (χ4n) is 4.12. The lowest BCUT2D eigenvalue weighted by Gasteiger charge is -2.31. The molecule has 5 rings (SSSR count). The molecule has 0 saturated carbocycles. The monoisotopic (exact) mass is 420 g/mol. The molecule has 4 heterocycles. The lowest BCUT2D eigenvalue weighted by molar-refractivity contribution is 0.181. The van der Waals surface area contributed by atoms with Gasteiger partial charge in [-0.2, -0.15) is 0 Å². The van der Waals surface area contributed by atoms with Crippen molar-refractivity contribution in [1.82, 2.24) is 25.2 Å². The Morgan fingerprint density at radius 3 is 2.93 bits per heavy atom. The number of rotatable bonds is 4. The predicted molar refractivity (Wildman–Crippen MR) is 122 cm³/mol. The number of nitrogens with zero attached hydrogens (tertiary/aromatic N) is 3. The minimum Gasteiger partial charge on any atom is -0.355 e. The fourth-order valence-corrected chi connectivity index (χ4v) is 4.84. The number of benzene rings is 1. The van der Waals surface area contributed by atoms with Crippen LogP contribution in [0.4, 0.5) is 16.2 Å². The van der Waals surface area contributed by atoms with E-state index in [2.05, 4.69) is 43.8 Å². The summed E-state index contributed by atoms with van der Waals surface area (Å²) in [6.07, 6.45) is 3.73. The van der Waals surface area contributed by atoms with Gasteiger partial charge in [0.05, 0.1) is 21.4 Å². The van der Waals surface area contributed by atoms with Gasteiger partial charge in [0.25, 0.3) is 0 Å². The van der Waals surface area contributed by atoms with Crippen LogP contribution in [0.3, 0.4) is 0 Å². The number of H-pyrrole nitrogens is 1. The van der Waals surface area contributed by atoms with Crippen LogP contribution in [0.25, 0.3) is 21.3 Å². The van der Waals surface area contributed by atoms with Crippen molar-refractivity contribution in [2.45, 2.75) is 25.7 Å². The number of piperidine rings is 1. The number of pyridine rings is 1. The Morgan fingerprint density at radius 1 is 1.23 bits per heavy atom. The molecule has 7 nitrogen and oxygen atoms in total. The summed E-state index contributed by atoms with van der Waals surface area (Å²) >= 11 is 1.64. The number of carbonyl (C=O) groups excluding carboxylic acids is 1. The third-order valence-corrected chi connectivity index (χ3v) is 6.50. The SMILES string of the molecule is CCNC(=O)N1CCC(c2cc3c(Nc4ccc5ncsc5c4)ccnc3[nH]2)CC1. The van der Waals surface area contributed by atoms with Gasteiger partial charge < -0.3 is 20.5 Å². The van der Waals surface area contributed by atoms with Crippen molar-refractivity contribution in [2.75, 3.05) is 25.0 Å². The van der Waals surface area contributed by atoms with Crippen molar-refractivity contribution in [1.29, 1.82) is 0 Å². The van der Waals surface area contributed by atoms with E-state index in [1.54, 1.807) is 11.3 Å². The Balaban J connectivity index is 1.35. The number of urea groups is 1. The number of hydrogen-bond acceptors (Lipinski definition) is 5. The van der Waals surface area contributed by atoms with Crippen LogP contribution < -0.4 is 10.6 Å². The molecule has 0 spiro atoms. The topological polar surface area (TPSA) is 85.9 Å². The normalized spacial score (nSPS) is 15.0. The van der Waals surface area contributed by atoms with Gasteiger partial charge in [0.15, 0.2) is 0 Å². The quantitative estimate of drug-likeness (QED) is 0.442. The molecule has 1 fully saturated rings. The van der Waals surface area contributed by atoms with Gasteiger partial charge in [-0.15, -0.1) is 11.3 Å². The average molecular weight is 421 g/mol. The van der Waals surface area contributed by atoms with Crippen LogP contribution in [-0.2, 0) is 0 Å². The Labute approximate surface area is 178 Å². The molecule has 3 N–H and O–H groups in total. The largest absolute Gasteiger partial charge is 0.355 e. The van der Waals surface area contributed by atoms with E-state index >= 15 is 0 Å². The molecule has 2 amide bonds. The minimum absolute atomic E-state index is 0.0404. The zero-order chi connectivity index (χ0) is 20.5. The number of aromatic amines is 1. The van der Waals surface area contributed by atoms with Crippen LogP contribution in [0.2, 0.25) is 0 Å². The second-order valence-corrected chi connectivity index (χ2v) is 8.49. The van der Waals surface area contributed by atoms with E-state index in [0.29, 0.717) is 12.5 Å². The van der Waals surface area contributed by atoms with E-state index in [0.717, 1.165) is 53.9 Å². The highest BCUT2D eigenvalue weighted by atomic mass is 32.1. The van der Waals surface area contributed by atoms with Crippen LogP contribution >= 0.6 is 11.3 Å². The number of fused-ring (bicyclic) bond motifs is 2. The highest BCUT2D eigenvalue weighted by molar-refractivity contribution is 7.16. The predicted octanol–water partition coefficient (Wildman–Crippen LogP) is 4.83. The number of anilines is 2. The first-order chi connectivity index (χ1) is 14.7. The minimum atomic E-state index is 0.0404. The molecule has 8 heteroatoms. The smallest absolute Gasteiger partial charge is 0.317 e. The summed E-state index contributed by atoms with van der Waals surface area (Å²) in [6.45, 7) is 4.17. The van der Waals surface area contributed by atoms with E-state index < -0.39 is 0 Å². The molecule has 0 bridgehead atoms. The number of hydrogen-bond donors (Lipinski definition) is 3. The summed E-state index contributed by atoms with van der Waals surface area (Å²) in [5, 5.41) is 7.51. The third kappa shape index (κ3) is 3.59. The highest BCUT2D eigenvalue weighted by Crippen LogP contribution is 2.33. The van der Waals surface area contributed by atoms with Gasteiger partial charge in [0.2, 0.25) is 0 Å². The maximum absolute atomic E-state index is 12.1. The zero-order valence-corrected chi connectivity index (χ0v) is 17.6. The van der Waals surface area contributed by atoms with Gasteiger partial charge in [0, 0.05) is 48.5 Å². The van der Waals surface area contributed by atoms with Crippen LogP contribution in [0.15, 0.2) is 42.0 Å². The average Bonchev–Trinajstić information content (AvgIpc) is 3.41. The van der Waals surface area contributed by atoms with Gasteiger partial charge >= 0.3 is 6.03 Å². The molecule has 30 heavy (non-hydrogen) atoms. The van der Waals surface area contributed by atoms with Gasteiger partial charge in [-0.3, -0.25) is 0 Å². The lowest BCUT2D eigenvalue weighted by Crippen LogP contribution is -2.44. The third-order valence-electron chi connectivity index (χ3n) is 5.71. The first-order valence-corrected chi connectivity index (χ1v) is 11.2. The van der Waals surface area contributed by atoms with E-state index in [-0.39, 0.29) is 6.03 Å². The molecule has 154 valence electrons. The van der Waals surface area contributed by atoms with Crippen molar-refractivity contribution < 1.29 is 4.79 Å². The number of carbonyl (C=O) groups is 1. The molecule has 0 unspecified atom stereocenters. The molecular formula is C22H24N6OS. The molecule has 3 aromatic heterocycles. The molecule has 1 aliphatic heterocycles. The second kappa shape index (κ2) is 7.95. The first kappa shape index (κ1) is 18.9. The van der Waals surface area contributed by atoms with E-state index in [9.17, 15) is 4.79 Å². The Hall–Kier alpha value is -3.13. The van der Waals surface area contributed by atoms with Crippen molar-refractivity contribution in [3.63, 3.8) is 0 Å². The molecule has 1 aromatic carbocycles. The summed E-state index contributed by atoms with van der Waals surface area (Å²) in [5.41, 5.74) is 7.05. The molecule has 0 aliphatic carbocycles. The highest BCUT2D eigenvalue weighted by Gasteiger charge is 2.25. The molecule has 4 aromatic rings. The molecule has 1 saturated heterocycles. The number of aromatic nitrogens is 3. The standard InChI is InChI=1S/C22H24N6OS/c1-2-23-22(29)28-9-6-14(7-10-28)19-12-16-17(5-8-24-21(16)27-19)26-15-3-4-18-20(11-15)30-13-25-18/h3-5,8,11-14H,2,6-7,9-10H2,1H3,(H,23,29)(H2,24,26,27). The number of amides is 2. The van der Waals surface area contributed by atoms with E-state index in [1.807, 2.05) is 35.7 Å². The fraction of sp³-hybridized carbons (Fsp3) is 0.318. The summed E-state index contributed by atoms with van der Waals surface area (Å²) in [5.74, 6) is 0.409. The zero-order valence-electron chi connectivity index (χ0n) is 16.8. The number of likely N-dealkylation sites (tertiary alicyclic amines) is 1. The Bertz CT molecular complexity index is 1190. The van der Waals surface area contributed by atoms with Crippen LogP contribution in [0.5, 0.6) is 0 Å². The van der Waals surface area contributed by atoms with Gasteiger partial charge in [-0.1, -0.05) is 0 Å². The summed E-state index contributed by atoms with van der Waals surface area (Å²) in [7, 11) is 0. The summed E-state index contributed by atoms with van der Waals surface area (Å²) < 4.78 is 1.17. The summed E-state index contributed by atoms with van der Waals surface area (Å²) in [4.78, 5) is 26.3. The lowest BCUT2D eigenvalue weighted by atomic mass is 9.93. The Morgan fingerprint density at radius 2 is 2.10 bits per heavy atom. The van der Waals surface area contributed by atoms with Gasteiger partial charge in [-0.25, -0.2) is 14.8 Å². The second-order valence-electron chi connectivity index (χ2n) is 7.60. The maximum Gasteiger partial charge on any atom is 0.317 e. The van der Waals surface area contributed by atoms with E-state index in [4.69, 9.17) is 0 Å². The maximum atomic E-state index is 12.1. The molecule has 0 radical (unpaired) electrons. The first-order valence-electron chi connectivity index (χ1n) is 10.3. The molecular weight excluding hydrogens is 396 g/mol.